The van der Waals surface area contributed by atoms with Gasteiger partial charge in [0.05, 0.1) is 12.6 Å². The number of anilines is 1. The summed E-state index contributed by atoms with van der Waals surface area (Å²) in [5, 5.41) is 11.6. The number of likely N-dealkylation sites (tertiary alicyclic amines) is 1. The van der Waals surface area contributed by atoms with E-state index in [0.717, 1.165) is 25.6 Å². The number of ether oxygens (including phenoxy) is 1. The third kappa shape index (κ3) is 6.39. The first-order chi connectivity index (χ1) is 15.2. The Hall–Kier alpha value is -2.24. The quantitative estimate of drug-likeness (QED) is 0.711. The number of carboxylic acid groups (broad SMARTS) is 1. The molecule has 11 heteroatoms. The molecule has 7 nitrogen and oxygen atoms in total. The summed E-state index contributed by atoms with van der Waals surface area (Å²) < 4.78 is 37.2. The number of carboxylic acids is 1. The van der Waals surface area contributed by atoms with Crippen LogP contribution in [0.4, 0.5) is 19.1 Å². The van der Waals surface area contributed by atoms with Crippen molar-refractivity contribution in [2.45, 2.75) is 38.0 Å². The van der Waals surface area contributed by atoms with Crippen LogP contribution in [0.2, 0.25) is 0 Å². The number of aliphatic carboxylic acids is 1. The van der Waals surface area contributed by atoms with E-state index in [2.05, 4.69) is 36.6 Å². The van der Waals surface area contributed by atoms with Crippen molar-refractivity contribution >= 4 is 23.3 Å². The Kier molecular flexibility index (Phi) is 8.07. The number of aromatic nitrogens is 2. The highest BCUT2D eigenvalue weighted by molar-refractivity contribution is 7.07. The predicted octanol–water partition coefficient (Wildman–Crippen LogP) is 3.68. The van der Waals surface area contributed by atoms with Gasteiger partial charge in [0.25, 0.3) is 0 Å². The molecule has 2 saturated heterocycles. The number of carbonyl (C=O) groups is 1. The summed E-state index contributed by atoms with van der Waals surface area (Å²) in [5.74, 6) is -1.91. The Morgan fingerprint density at radius 1 is 1.31 bits per heavy atom. The monoisotopic (exact) mass is 472 g/mol. The van der Waals surface area contributed by atoms with Crippen molar-refractivity contribution in [1.82, 2.24) is 14.9 Å². The number of piperidine rings is 1. The van der Waals surface area contributed by atoms with Gasteiger partial charge in [-0.3, -0.25) is 4.90 Å². The van der Waals surface area contributed by atoms with Crippen LogP contribution in [0.15, 0.2) is 35.3 Å². The third-order valence-electron chi connectivity index (χ3n) is 5.93. The second kappa shape index (κ2) is 10.6. The first-order valence-corrected chi connectivity index (χ1v) is 11.2. The van der Waals surface area contributed by atoms with Gasteiger partial charge < -0.3 is 14.7 Å². The van der Waals surface area contributed by atoms with Gasteiger partial charge in [0.1, 0.15) is 0 Å². The minimum absolute atomic E-state index is 0.382. The molecule has 176 valence electrons. The third-order valence-corrected chi connectivity index (χ3v) is 6.66. The molecule has 1 unspecified atom stereocenters. The zero-order chi connectivity index (χ0) is 23.2. The van der Waals surface area contributed by atoms with Crippen LogP contribution >= 0.6 is 11.3 Å². The van der Waals surface area contributed by atoms with E-state index < -0.39 is 12.1 Å². The van der Waals surface area contributed by atoms with Crippen molar-refractivity contribution in [1.29, 1.82) is 0 Å². The Balaban J connectivity index is 0.000000360. The van der Waals surface area contributed by atoms with E-state index in [0.29, 0.717) is 11.5 Å². The van der Waals surface area contributed by atoms with E-state index in [1.54, 1.807) is 18.4 Å². The highest BCUT2D eigenvalue weighted by Gasteiger charge is 2.46. The molecule has 2 fully saturated rings. The predicted molar refractivity (Wildman–Crippen MR) is 115 cm³/mol. The fourth-order valence-electron chi connectivity index (χ4n) is 4.37. The van der Waals surface area contributed by atoms with E-state index in [1.165, 1.54) is 37.9 Å². The maximum absolute atomic E-state index is 10.6. The van der Waals surface area contributed by atoms with Crippen LogP contribution in [0, 0.1) is 5.41 Å². The van der Waals surface area contributed by atoms with Crippen molar-refractivity contribution in [3.8, 4) is 0 Å². The molecule has 2 aromatic heterocycles. The Morgan fingerprint density at radius 3 is 2.50 bits per heavy atom. The zero-order valence-electron chi connectivity index (χ0n) is 17.8. The molecular weight excluding hydrogens is 445 g/mol. The van der Waals surface area contributed by atoms with Crippen LogP contribution in [0.3, 0.4) is 0 Å². The van der Waals surface area contributed by atoms with Gasteiger partial charge in [-0.05, 0) is 66.2 Å². The van der Waals surface area contributed by atoms with Crippen LogP contribution in [0.1, 0.15) is 24.8 Å². The average Bonchev–Trinajstić information content (AvgIpc) is 3.39. The maximum atomic E-state index is 10.6. The first kappa shape index (κ1) is 24.4. The number of thiophene rings is 1. The minimum atomic E-state index is -5.08. The molecule has 0 aliphatic carbocycles. The number of methoxy groups -OCH3 is 1. The molecule has 0 saturated carbocycles. The molecule has 4 rings (SSSR count). The van der Waals surface area contributed by atoms with Gasteiger partial charge in [-0.15, -0.1) is 0 Å². The first-order valence-electron chi connectivity index (χ1n) is 10.3. The van der Waals surface area contributed by atoms with Gasteiger partial charge in [0.15, 0.2) is 0 Å². The van der Waals surface area contributed by atoms with Crippen LogP contribution < -0.4 is 4.90 Å². The lowest BCUT2D eigenvalue weighted by Gasteiger charge is -2.39. The smallest absolute Gasteiger partial charge is 0.475 e. The SMILES string of the molecule is COCC1CC2(CCN(Cc3ccsc3)CC2)CN1c1ncccn1.O=C(O)C(F)(F)F. The summed E-state index contributed by atoms with van der Waals surface area (Å²) in [4.78, 5) is 22.8. The molecule has 0 bridgehead atoms. The lowest BCUT2D eigenvalue weighted by molar-refractivity contribution is -0.192. The fourth-order valence-corrected chi connectivity index (χ4v) is 5.03. The van der Waals surface area contributed by atoms with Crippen LogP contribution in [0.5, 0.6) is 0 Å². The number of hydrogen-bond donors (Lipinski definition) is 1. The summed E-state index contributed by atoms with van der Waals surface area (Å²) in [6, 6.07) is 4.51. The number of alkyl halides is 3. The molecule has 0 radical (unpaired) electrons. The molecular formula is C21H27F3N4O3S. The van der Waals surface area contributed by atoms with E-state index in [9.17, 15) is 13.2 Å². The topological polar surface area (TPSA) is 78.8 Å². The van der Waals surface area contributed by atoms with Crippen molar-refractivity contribution in [3.05, 3.63) is 40.8 Å². The standard InChI is InChI=1S/C19H26N4OS.C2HF3O2/c1-24-13-17-11-19(15-23(17)18-20-6-2-7-21-18)4-8-22(9-5-19)12-16-3-10-25-14-16;3-2(4,5)1(6)7/h2-3,6-7,10,14,17H,4-5,8-9,11-13,15H2,1H3;(H,6,7). The fraction of sp³-hybridized carbons (Fsp3) is 0.571. The van der Waals surface area contributed by atoms with E-state index >= 15 is 0 Å². The summed E-state index contributed by atoms with van der Waals surface area (Å²) in [7, 11) is 1.79. The number of nitrogens with zero attached hydrogens (tertiary/aromatic N) is 4. The van der Waals surface area contributed by atoms with Crippen LogP contribution in [-0.2, 0) is 16.1 Å². The average molecular weight is 473 g/mol. The molecule has 2 aliphatic heterocycles. The lowest BCUT2D eigenvalue weighted by Crippen LogP contribution is -2.41. The van der Waals surface area contributed by atoms with Crippen molar-refractivity contribution < 1.29 is 27.8 Å². The van der Waals surface area contributed by atoms with Gasteiger partial charge in [-0.1, -0.05) is 0 Å². The summed E-state index contributed by atoms with van der Waals surface area (Å²) in [5.41, 5.74) is 1.83. The van der Waals surface area contributed by atoms with Gasteiger partial charge in [0, 0.05) is 32.6 Å². The summed E-state index contributed by atoms with van der Waals surface area (Å²) in [6.45, 7) is 5.25. The van der Waals surface area contributed by atoms with Gasteiger partial charge >= 0.3 is 12.1 Å². The van der Waals surface area contributed by atoms with Crippen molar-refractivity contribution in [2.24, 2.45) is 5.41 Å². The Morgan fingerprint density at radius 2 is 1.97 bits per heavy atom. The molecule has 2 aromatic rings. The van der Waals surface area contributed by atoms with Crippen molar-refractivity contribution in [2.75, 3.05) is 38.3 Å². The number of halogens is 3. The van der Waals surface area contributed by atoms with Crippen LogP contribution in [0.25, 0.3) is 0 Å². The Bertz CT molecular complexity index is 844. The number of rotatable bonds is 5. The number of hydrogen-bond acceptors (Lipinski definition) is 7. The van der Waals surface area contributed by atoms with E-state index in [4.69, 9.17) is 14.6 Å². The second-order valence-electron chi connectivity index (χ2n) is 8.20. The van der Waals surface area contributed by atoms with Gasteiger partial charge in [-0.25, -0.2) is 14.8 Å². The molecule has 1 spiro atoms. The van der Waals surface area contributed by atoms with Gasteiger partial charge in [-0.2, -0.15) is 24.5 Å². The largest absolute Gasteiger partial charge is 0.490 e. The molecule has 0 amide bonds. The van der Waals surface area contributed by atoms with Gasteiger partial charge in [0.2, 0.25) is 5.95 Å². The Labute approximate surface area is 188 Å². The molecule has 32 heavy (non-hydrogen) atoms. The summed E-state index contributed by atoms with van der Waals surface area (Å²) >= 11 is 1.79. The highest BCUT2D eigenvalue weighted by atomic mass is 32.1. The second-order valence-corrected chi connectivity index (χ2v) is 8.98. The summed E-state index contributed by atoms with van der Waals surface area (Å²) in [6.07, 6.45) is 2.27. The van der Waals surface area contributed by atoms with E-state index in [1.807, 2.05) is 18.5 Å². The molecule has 2 aliphatic rings. The van der Waals surface area contributed by atoms with Crippen LogP contribution in [-0.4, -0.2) is 71.5 Å². The lowest BCUT2D eigenvalue weighted by atomic mass is 9.76. The van der Waals surface area contributed by atoms with E-state index in [-0.39, 0.29) is 0 Å². The molecule has 1 atom stereocenters. The zero-order valence-corrected chi connectivity index (χ0v) is 18.6. The molecule has 0 aromatic carbocycles. The molecule has 4 heterocycles. The minimum Gasteiger partial charge on any atom is -0.475 e. The van der Waals surface area contributed by atoms with Crippen molar-refractivity contribution in [3.63, 3.8) is 0 Å². The molecule has 1 N–H and O–H groups in total. The highest BCUT2D eigenvalue weighted by Crippen LogP contribution is 2.44. The maximum Gasteiger partial charge on any atom is 0.490 e. The normalized spacial score (nSPS) is 20.8.